The number of esters is 1. The molecule has 5 heteroatoms. The van der Waals surface area contributed by atoms with E-state index in [0.717, 1.165) is 23.4 Å². The molecule has 0 aromatic carbocycles. The fourth-order valence-electron chi connectivity index (χ4n) is 1.74. The molecule has 1 aromatic rings. The zero-order valence-electron chi connectivity index (χ0n) is 7.83. The van der Waals surface area contributed by atoms with Gasteiger partial charge in [-0.15, -0.1) is 0 Å². The van der Waals surface area contributed by atoms with Crippen LogP contribution in [0.3, 0.4) is 0 Å². The Morgan fingerprint density at radius 3 is 3.21 bits per heavy atom. The van der Waals surface area contributed by atoms with E-state index in [1.165, 1.54) is 11.3 Å². The summed E-state index contributed by atoms with van der Waals surface area (Å²) in [4.78, 5) is 26.2. The Bertz CT molecular complexity index is 406. The fourth-order valence-corrected chi connectivity index (χ4v) is 2.65. The van der Waals surface area contributed by atoms with Crippen LogP contribution in [0.15, 0.2) is 4.79 Å². The largest absolute Gasteiger partial charge is 0.465 e. The number of thiazole rings is 1. The highest BCUT2D eigenvalue weighted by Crippen LogP contribution is 2.33. The fraction of sp³-hybridized carbons (Fsp3) is 0.556. The number of carbonyl (C=O) groups is 1. The van der Waals surface area contributed by atoms with E-state index in [-0.39, 0.29) is 16.8 Å². The first-order valence-corrected chi connectivity index (χ1v) is 5.42. The van der Waals surface area contributed by atoms with Crippen LogP contribution >= 0.6 is 11.3 Å². The minimum Gasteiger partial charge on any atom is -0.465 e. The van der Waals surface area contributed by atoms with Crippen molar-refractivity contribution in [2.45, 2.75) is 25.7 Å². The molecule has 76 valence electrons. The van der Waals surface area contributed by atoms with E-state index < -0.39 is 0 Å². The number of nitrogens with one attached hydrogen (secondary N) is 1. The maximum atomic E-state index is 11.5. The molecule has 2 rings (SSSR count). The van der Waals surface area contributed by atoms with Gasteiger partial charge in [0.1, 0.15) is 0 Å². The maximum Gasteiger partial charge on any atom is 0.314 e. The smallest absolute Gasteiger partial charge is 0.314 e. The van der Waals surface area contributed by atoms with Crippen molar-refractivity contribution in [3.05, 3.63) is 20.2 Å². The van der Waals surface area contributed by atoms with Crippen molar-refractivity contribution in [3.8, 4) is 0 Å². The lowest BCUT2D eigenvalue weighted by Crippen LogP contribution is -2.15. The molecular formula is C9H11NO3S. The molecule has 0 bridgehead atoms. The first-order valence-electron chi connectivity index (χ1n) is 4.61. The molecule has 1 N–H and O–H groups in total. The average Bonchev–Trinajstić information content (AvgIpc) is 2.62. The Morgan fingerprint density at radius 2 is 2.50 bits per heavy atom. The normalized spacial score (nSPS) is 19.4. The lowest BCUT2D eigenvalue weighted by Gasteiger charge is -2.07. The number of carbonyl (C=O) groups excluding carboxylic acids is 1. The van der Waals surface area contributed by atoms with Crippen molar-refractivity contribution >= 4 is 17.3 Å². The highest BCUT2D eigenvalue weighted by Gasteiger charge is 2.32. The minimum absolute atomic E-state index is 0.0796. The number of fused-ring (bicyclic) bond motifs is 1. The van der Waals surface area contributed by atoms with E-state index in [0.29, 0.717) is 6.61 Å². The second-order valence-electron chi connectivity index (χ2n) is 3.19. The predicted molar refractivity (Wildman–Crippen MR) is 52.6 cm³/mol. The lowest BCUT2D eigenvalue weighted by molar-refractivity contribution is -0.145. The van der Waals surface area contributed by atoms with Gasteiger partial charge in [-0.1, -0.05) is 11.3 Å². The summed E-state index contributed by atoms with van der Waals surface area (Å²) >= 11 is 1.20. The topological polar surface area (TPSA) is 59.2 Å². The molecule has 1 aliphatic rings. The molecule has 1 atom stereocenters. The van der Waals surface area contributed by atoms with Gasteiger partial charge in [0.15, 0.2) is 0 Å². The quantitative estimate of drug-likeness (QED) is 0.746. The molecule has 1 unspecified atom stereocenters. The summed E-state index contributed by atoms with van der Waals surface area (Å²) in [5.41, 5.74) is 0.776. The number of aromatic amines is 1. The van der Waals surface area contributed by atoms with Gasteiger partial charge in [0, 0.05) is 10.6 Å². The monoisotopic (exact) mass is 213 g/mol. The van der Waals surface area contributed by atoms with Crippen LogP contribution in [-0.2, 0) is 16.0 Å². The van der Waals surface area contributed by atoms with Crippen molar-refractivity contribution in [3.63, 3.8) is 0 Å². The van der Waals surface area contributed by atoms with Gasteiger partial charge in [0.2, 0.25) is 0 Å². The highest BCUT2D eigenvalue weighted by molar-refractivity contribution is 7.09. The SMILES string of the molecule is CCOC(=O)C1CCc2sc(=O)[nH]c21. The van der Waals surface area contributed by atoms with Crippen molar-refractivity contribution in [1.29, 1.82) is 0 Å². The van der Waals surface area contributed by atoms with Gasteiger partial charge in [-0.05, 0) is 19.8 Å². The summed E-state index contributed by atoms with van der Waals surface area (Å²) in [6, 6.07) is 0. The molecule has 0 saturated carbocycles. The first-order chi connectivity index (χ1) is 6.72. The zero-order valence-corrected chi connectivity index (χ0v) is 8.65. The molecule has 14 heavy (non-hydrogen) atoms. The Balaban J connectivity index is 2.25. The summed E-state index contributed by atoms with van der Waals surface area (Å²) < 4.78 is 4.94. The molecule has 0 aliphatic heterocycles. The summed E-state index contributed by atoms with van der Waals surface area (Å²) in [7, 11) is 0. The Morgan fingerprint density at radius 1 is 1.71 bits per heavy atom. The van der Waals surface area contributed by atoms with Crippen LogP contribution < -0.4 is 4.87 Å². The highest BCUT2D eigenvalue weighted by atomic mass is 32.1. The number of H-pyrrole nitrogens is 1. The van der Waals surface area contributed by atoms with Gasteiger partial charge in [-0.3, -0.25) is 9.59 Å². The number of hydrogen-bond acceptors (Lipinski definition) is 4. The number of aryl methyl sites for hydroxylation is 1. The number of rotatable bonds is 2. The van der Waals surface area contributed by atoms with Crippen molar-refractivity contribution in [2.75, 3.05) is 6.61 Å². The first kappa shape index (κ1) is 9.45. The molecule has 0 saturated heterocycles. The molecule has 0 fully saturated rings. The summed E-state index contributed by atoms with van der Waals surface area (Å²) in [5, 5.41) is 0. The Hall–Kier alpha value is -1.10. The predicted octanol–water partition coefficient (Wildman–Crippen LogP) is 1.03. The Labute approximate surface area is 84.9 Å². The van der Waals surface area contributed by atoms with Gasteiger partial charge in [0.25, 0.3) is 0 Å². The summed E-state index contributed by atoms with van der Waals surface area (Å²) in [6.45, 7) is 2.17. The minimum atomic E-state index is -0.246. The van der Waals surface area contributed by atoms with Gasteiger partial charge in [-0.2, -0.15) is 0 Å². The molecule has 4 nitrogen and oxygen atoms in total. The maximum absolute atomic E-state index is 11.5. The van der Waals surface area contributed by atoms with Crippen LogP contribution in [0.4, 0.5) is 0 Å². The second kappa shape index (κ2) is 3.57. The zero-order chi connectivity index (χ0) is 10.1. The molecule has 0 radical (unpaired) electrons. The average molecular weight is 213 g/mol. The van der Waals surface area contributed by atoms with E-state index in [1.54, 1.807) is 6.92 Å². The van der Waals surface area contributed by atoms with Crippen LogP contribution in [0.25, 0.3) is 0 Å². The van der Waals surface area contributed by atoms with Crippen molar-refractivity contribution in [1.82, 2.24) is 4.98 Å². The van der Waals surface area contributed by atoms with Crippen LogP contribution in [0.2, 0.25) is 0 Å². The number of ether oxygens (including phenoxy) is 1. The lowest BCUT2D eigenvalue weighted by atomic mass is 10.1. The van der Waals surface area contributed by atoms with E-state index in [4.69, 9.17) is 4.74 Å². The third-order valence-electron chi connectivity index (χ3n) is 2.33. The van der Waals surface area contributed by atoms with Crippen molar-refractivity contribution in [2.24, 2.45) is 0 Å². The Kier molecular flexibility index (Phi) is 2.41. The summed E-state index contributed by atoms with van der Waals surface area (Å²) in [6.07, 6.45) is 1.57. The van der Waals surface area contributed by atoms with E-state index >= 15 is 0 Å². The third kappa shape index (κ3) is 1.48. The second-order valence-corrected chi connectivity index (χ2v) is 4.26. The third-order valence-corrected chi connectivity index (χ3v) is 3.29. The van der Waals surface area contributed by atoms with Gasteiger partial charge < -0.3 is 9.72 Å². The van der Waals surface area contributed by atoms with E-state index in [9.17, 15) is 9.59 Å². The molecule has 0 amide bonds. The molecule has 1 heterocycles. The van der Waals surface area contributed by atoms with Gasteiger partial charge >= 0.3 is 10.8 Å². The molecule has 0 spiro atoms. The molecule has 1 aromatic heterocycles. The van der Waals surface area contributed by atoms with Gasteiger partial charge in [0.05, 0.1) is 12.5 Å². The van der Waals surface area contributed by atoms with Crippen LogP contribution in [0.1, 0.15) is 29.8 Å². The number of hydrogen-bond donors (Lipinski definition) is 1. The van der Waals surface area contributed by atoms with E-state index in [2.05, 4.69) is 4.98 Å². The van der Waals surface area contributed by atoms with Crippen LogP contribution in [0.5, 0.6) is 0 Å². The molecule has 1 aliphatic carbocycles. The summed E-state index contributed by atoms with van der Waals surface area (Å²) in [5.74, 6) is -0.468. The van der Waals surface area contributed by atoms with E-state index in [1.807, 2.05) is 0 Å². The van der Waals surface area contributed by atoms with Crippen LogP contribution in [0, 0.1) is 0 Å². The molecular weight excluding hydrogens is 202 g/mol. The standard InChI is InChI=1S/C9H11NO3S/c1-2-13-8(11)5-3-4-6-7(5)10-9(12)14-6/h5H,2-4H2,1H3,(H,10,12). The number of aromatic nitrogens is 1. The van der Waals surface area contributed by atoms with Crippen molar-refractivity contribution < 1.29 is 9.53 Å². The van der Waals surface area contributed by atoms with Gasteiger partial charge in [-0.25, -0.2) is 0 Å². The van der Waals surface area contributed by atoms with Crippen LogP contribution in [-0.4, -0.2) is 17.6 Å².